The van der Waals surface area contributed by atoms with Crippen LogP contribution in [0, 0.1) is 0 Å². The molecule has 1 aromatic heterocycles. The molecular formula is C17H21ClN4O2S. The molecule has 1 amide bonds. The van der Waals surface area contributed by atoms with Gasteiger partial charge in [-0.25, -0.2) is 0 Å². The predicted molar refractivity (Wildman–Crippen MR) is 101 cm³/mol. The third-order valence-electron chi connectivity index (χ3n) is 3.41. The van der Waals surface area contributed by atoms with E-state index in [0.29, 0.717) is 29.9 Å². The van der Waals surface area contributed by atoms with Gasteiger partial charge in [0.1, 0.15) is 0 Å². The Labute approximate surface area is 156 Å². The summed E-state index contributed by atoms with van der Waals surface area (Å²) in [4.78, 5) is 12.1. The van der Waals surface area contributed by atoms with Crippen LogP contribution in [0.5, 0.6) is 0 Å². The summed E-state index contributed by atoms with van der Waals surface area (Å²) in [6.07, 6.45) is 1.65. The summed E-state index contributed by atoms with van der Waals surface area (Å²) >= 11 is 7.31. The second kappa shape index (κ2) is 9.60. The van der Waals surface area contributed by atoms with Crippen LogP contribution in [0.1, 0.15) is 6.92 Å². The zero-order valence-electron chi connectivity index (χ0n) is 14.2. The normalized spacial score (nSPS) is 12.0. The Morgan fingerprint density at radius 2 is 2.16 bits per heavy atom. The first-order chi connectivity index (χ1) is 12.1. The van der Waals surface area contributed by atoms with Gasteiger partial charge in [0.15, 0.2) is 11.0 Å². The van der Waals surface area contributed by atoms with Crippen molar-refractivity contribution in [2.75, 3.05) is 20.3 Å². The number of methoxy groups -OCH3 is 1. The van der Waals surface area contributed by atoms with E-state index in [1.165, 1.54) is 11.8 Å². The van der Waals surface area contributed by atoms with Gasteiger partial charge in [0.2, 0.25) is 5.91 Å². The molecule has 0 aliphatic heterocycles. The molecule has 0 radical (unpaired) electrons. The second-order valence-electron chi connectivity index (χ2n) is 5.25. The number of amides is 1. The van der Waals surface area contributed by atoms with Crippen molar-refractivity contribution < 1.29 is 9.53 Å². The molecule has 1 aromatic carbocycles. The first-order valence-electron chi connectivity index (χ1n) is 7.80. The molecule has 6 nitrogen and oxygen atoms in total. The maximum atomic E-state index is 12.1. The largest absolute Gasteiger partial charge is 0.383 e. The van der Waals surface area contributed by atoms with E-state index in [1.54, 1.807) is 13.2 Å². The minimum Gasteiger partial charge on any atom is -0.383 e. The monoisotopic (exact) mass is 380 g/mol. The van der Waals surface area contributed by atoms with Crippen LogP contribution < -0.4 is 5.32 Å². The molecule has 8 heteroatoms. The highest BCUT2D eigenvalue weighted by Gasteiger charge is 2.20. The number of aromatic nitrogens is 3. The lowest BCUT2D eigenvalue weighted by atomic mass is 10.2. The molecule has 1 N–H and O–H groups in total. The van der Waals surface area contributed by atoms with Crippen molar-refractivity contribution in [3.05, 3.63) is 41.9 Å². The molecule has 1 heterocycles. The highest BCUT2D eigenvalue weighted by molar-refractivity contribution is 8.00. The Morgan fingerprint density at radius 1 is 1.44 bits per heavy atom. The molecular weight excluding hydrogens is 360 g/mol. The third-order valence-corrected chi connectivity index (χ3v) is 4.74. The van der Waals surface area contributed by atoms with Gasteiger partial charge in [-0.1, -0.05) is 29.4 Å². The summed E-state index contributed by atoms with van der Waals surface area (Å²) in [5, 5.41) is 12.4. The van der Waals surface area contributed by atoms with Crippen LogP contribution >= 0.6 is 23.4 Å². The molecule has 1 atom stereocenters. The lowest BCUT2D eigenvalue weighted by molar-refractivity contribution is -0.120. The van der Waals surface area contributed by atoms with E-state index in [0.717, 1.165) is 11.4 Å². The number of nitrogens with zero attached hydrogens (tertiary/aromatic N) is 3. The van der Waals surface area contributed by atoms with Crippen molar-refractivity contribution in [3.8, 4) is 11.4 Å². The van der Waals surface area contributed by atoms with Gasteiger partial charge in [-0.05, 0) is 31.2 Å². The number of hydrogen-bond acceptors (Lipinski definition) is 5. The summed E-state index contributed by atoms with van der Waals surface area (Å²) in [6.45, 7) is 6.98. The average molecular weight is 381 g/mol. The van der Waals surface area contributed by atoms with Crippen LogP contribution in [0.3, 0.4) is 0 Å². The average Bonchev–Trinajstić information content (AvgIpc) is 3.00. The van der Waals surface area contributed by atoms with Crippen LogP contribution in [-0.2, 0) is 16.1 Å². The molecule has 0 aliphatic rings. The van der Waals surface area contributed by atoms with Crippen molar-refractivity contribution >= 4 is 29.3 Å². The van der Waals surface area contributed by atoms with E-state index in [2.05, 4.69) is 22.1 Å². The molecule has 134 valence electrons. The number of rotatable bonds is 9. The van der Waals surface area contributed by atoms with Crippen LogP contribution in [0.4, 0.5) is 0 Å². The molecule has 0 unspecified atom stereocenters. The number of ether oxygens (including phenoxy) is 1. The molecule has 2 aromatic rings. The first kappa shape index (κ1) is 19.5. The lowest BCUT2D eigenvalue weighted by Crippen LogP contribution is -2.31. The Morgan fingerprint density at radius 3 is 2.80 bits per heavy atom. The summed E-state index contributed by atoms with van der Waals surface area (Å²) < 4.78 is 7.14. The Kier molecular flexibility index (Phi) is 7.49. The summed E-state index contributed by atoms with van der Waals surface area (Å²) in [6, 6.07) is 7.41. The highest BCUT2D eigenvalue weighted by Crippen LogP contribution is 2.27. The van der Waals surface area contributed by atoms with Crippen molar-refractivity contribution in [3.63, 3.8) is 0 Å². The van der Waals surface area contributed by atoms with Gasteiger partial charge in [0.05, 0.1) is 18.4 Å². The van der Waals surface area contributed by atoms with Crippen molar-refractivity contribution in [1.29, 1.82) is 0 Å². The van der Waals surface area contributed by atoms with Gasteiger partial charge in [-0.2, -0.15) is 0 Å². The van der Waals surface area contributed by atoms with E-state index >= 15 is 0 Å². The number of halogens is 1. The van der Waals surface area contributed by atoms with Crippen LogP contribution in [0.25, 0.3) is 11.4 Å². The van der Waals surface area contributed by atoms with Gasteiger partial charge in [-0.15, -0.1) is 16.8 Å². The minimum absolute atomic E-state index is 0.0702. The lowest BCUT2D eigenvalue weighted by Gasteiger charge is -2.13. The van der Waals surface area contributed by atoms with Crippen LogP contribution in [0.2, 0.25) is 5.02 Å². The van der Waals surface area contributed by atoms with Gasteiger partial charge >= 0.3 is 0 Å². The highest BCUT2D eigenvalue weighted by atomic mass is 35.5. The topological polar surface area (TPSA) is 69.0 Å². The fourth-order valence-electron chi connectivity index (χ4n) is 2.10. The van der Waals surface area contributed by atoms with E-state index in [9.17, 15) is 4.79 Å². The standard InChI is InChI=1S/C17H21ClN4O2S/c1-4-9-19-16(23)12(2)25-17-21-20-15(22(17)10-11-24-3)13-5-7-14(18)8-6-13/h4-8,12H,1,9-11H2,2-3H3,(H,19,23)/t12-/m1/s1. The molecule has 25 heavy (non-hydrogen) atoms. The zero-order valence-corrected chi connectivity index (χ0v) is 15.8. The fraction of sp³-hybridized carbons (Fsp3) is 0.353. The predicted octanol–water partition coefficient (Wildman–Crippen LogP) is 3.03. The first-order valence-corrected chi connectivity index (χ1v) is 9.06. The van der Waals surface area contributed by atoms with Gasteiger partial charge in [-0.3, -0.25) is 9.36 Å². The summed E-state index contributed by atoms with van der Waals surface area (Å²) in [5.41, 5.74) is 0.906. The number of benzene rings is 1. The number of carbonyl (C=O) groups is 1. The summed E-state index contributed by atoms with van der Waals surface area (Å²) in [5.74, 6) is 0.647. The molecule has 0 fully saturated rings. The van der Waals surface area contributed by atoms with Crippen molar-refractivity contribution in [1.82, 2.24) is 20.1 Å². The Bertz CT molecular complexity index is 718. The van der Waals surface area contributed by atoms with E-state index in [1.807, 2.05) is 35.8 Å². The third kappa shape index (κ3) is 5.32. The molecule has 0 spiro atoms. The SMILES string of the molecule is C=CCNC(=O)[C@@H](C)Sc1nnc(-c2ccc(Cl)cc2)n1CCOC. The van der Waals surface area contributed by atoms with Crippen molar-refractivity contribution in [2.45, 2.75) is 23.9 Å². The van der Waals surface area contributed by atoms with E-state index in [4.69, 9.17) is 16.3 Å². The van der Waals surface area contributed by atoms with Crippen LogP contribution in [0.15, 0.2) is 42.1 Å². The fourth-order valence-corrected chi connectivity index (χ4v) is 3.13. The maximum absolute atomic E-state index is 12.1. The quantitative estimate of drug-likeness (QED) is 0.535. The summed E-state index contributed by atoms with van der Waals surface area (Å²) in [7, 11) is 1.64. The molecule has 0 bridgehead atoms. The van der Waals surface area contributed by atoms with Crippen molar-refractivity contribution in [2.24, 2.45) is 0 Å². The van der Waals surface area contributed by atoms with E-state index < -0.39 is 0 Å². The van der Waals surface area contributed by atoms with Gasteiger partial charge < -0.3 is 10.1 Å². The minimum atomic E-state index is -0.302. The molecule has 0 aliphatic carbocycles. The Hall–Kier alpha value is -1.83. The number of nitrogens with one attached hydrogen (secondary N) is 1. The van der Waals surface area contributed by atoms with Gasteiger partial charge in [0.25, 0.3) is 0 Å². The molecule has 2 rings (SSSR count). The smallest absolute Gasteiger partial charge is 0.233 e. The number of thioether (sulfide) groups is 1. The Balaban J connectivity index is 2.24. The maximum Gasteiger partial charge on any atom is 0.233 e. The van der Waals surface area contributed by atoms with Crippen LogP contribution in [-0.4, -0.2) is 46.2 Å². The van der Waals surface area contributed by atoms with Gasteiger partial charge in [0, 0.05) is 24.2 Å². The number of carbonyl (C=O) groups excluding carboxylic acids is 1. The second-order valence-corrected chi connectivity index (χ2v) is 7.00. The molecule has 0 saturated carbocycles. The zero-order chi connectivity index (χ0) is 18.2. The molecule has 0 saturated heterocycles. The van der Waals surface area contributed by atoms with E-state index in [-0.39, 0.29) is 11.2 Å². The number of hydrogen-bond donors (Lipinski definition) is 1.